The van der Waals surface area contributed by atoms with Gasteiger partial charge in [0.2, 0.25) is 0 Å². The van der Waals surface area contributed by atoms with Gasteiger partial charge in [-0.25, -0.2) is 9.78 Å². The third-order valence-corrected chi connectivity index (χ3v) is 4.76. The van der Waals surface area contributed by atoms with E-state index in [0.717, 1.165) is 9.71 Å². The molecule has 3 rings (SSSR count). The number of fused-ring (bicyclic) bond motifs is 1. The maximum Gasteiger partial charge on any atom is 0.410 e. The van der Waals surface area contributed by atoms with Crippen molar-refractivity contribution >= 4 is 22.3 Å². The molecule has 118 valence electrons. The van der Waals surface area contributed by atoms with Crippen LogP contribution in [0.2, 0.25) is 0 Å². The van der Waals surface area contributed by atoms with Crippen LogP contribution >= 0.6 is 11.3 Å². The number of likely N-dealkylation sites (tertiary alicyclic amines) is 1. The van der Waals surface area contributed by atoms with Gasteiger partial charge in [-0.2, -0.15) is 0 Å². The van der Waals surface area contributed by atoms with Gasteiger partial charge in [0.25, 0.3) is 0 Å². The zero-order valence-electron chi connectivity index (χ0n) is 11.8. The van der Waals surface area contributed by atoms with Crippen LogP contribution in [0, 0.1) is 0 Å². The Bertz CT molecular complexity index is 654. The molecule has 1 fully saturated rings. The Hall–Kier alpha value is -1.90. The molecule has 3 heterocycles. The predicted octanol–water partition coefficient (Wildman–Crippen LogP) is 1.19. The zero-order valence-corrected chi connectivity index (χ0v) is 12.6. The molecule has 0 aliphatic carbocycles. The number of β-amino-alcohol motifs (C(OH)–C–C–N with tert-alkyl or cyclic N) is 1. The first kappa shape index (κ1) is 15.0. The summed E-state index contributed by atoms with van der Waals surface area (Å²) in [4.78, 5) is 19.1. The second kappa shape index (κ2) is 6.07. The number of hydrogen-bond acceptors (Lipinski definition) is 6. The maximum atomic E-state index is 12.0. The number of carbonyl (C=O) groups excluding carboxylic acids is 1. The summed E-state index contributed by atoms with van der Waals surface area (Å²) in [7, 11) is 0. The maximum absolute atomic E-state index is 12.0. The lowest BCUT2D eigenvalue weighted by molar-refractivity contribution is 0.0565. The minimum atomic E-state index is -0.877. The van der Waals surface area contributed by atoms with Gasteiger partial charge >= 0.3 is 6.09 Å². The lowest BCUT2D eigenvalue weighted by atomic mass is 10.1. The lowest BCUT2D eigenvalue weighted by Gasteiger charge is -2.26. The van der Waals surface area contributed by atoms with Crippen molar-refractivity contribution < 1.29 is 19.7 Å². The van der Waals surface area contributed by atoms with E-state index in [2.05, 4.69) is 11.6 Å². The summed E-state index contributed by atoms with van der Waals surface area (Å²) >= 11 is 1.41. The van der Waals surface area contributed by atoms with Gasteiger partial charge in [-0.3, -0.25) is 9.30 Å². The number of imidazole rings is 1. The predicted molar refractivity (Wildman–Crippen MR) is 80.7 cm³/mol. The van der Waals surface area contributed by atoms with Crippen molar-refractivity contribution in [1.82, 2.24) is 14.3 Å². The Morgan fingerprint density at radius 1 is 1.68 bits per heavy atom. The summed E-state index contributed by atoms with van der Waals surface area (Å²) in [5.41, 5.74) is 0. The highest BCUT2D eigenvalue weighted by atomic mass is 32.1. The van der Waals surface area contributed by atoms with E-state index in [-0.39, 0.29) is 13.2 Å². The van der Waals surface area contributed by atoms with Crippen molar-refractivity contribution in [2.75, 3.05) is 13.2 Å². The van der Waals surface area contributed by atoms with Gasteiger partial charge in [0.15, 0.2) is 0 Å². The molecule has 0 aromatic carbocycles. The van der Waals surface area contributed by atoms with E-state index < -0.39 is 24.3 Å². The van der Waals surface area contributed by atoms with Crippen molar-refractivity contribution in [2.24, 2.45) is 0 Å². The second-order valence-electron chi connectivity index (χ2n) is 5.19. The van der Waals surface area contributed by atoms with Gasteiger partial charge in [0.1, 0.15) is 17.5 Å². The standard InChI is InChI=1S/C14H17N3O4S/c1-2-3-21-14(20)17-6-9(18)4-10(17)13(19)11-7-16-8-15-5-12(16)22-11/h2,5,7-10,13,18-19H,1,3-4,6H2/t9-,10+,13?/m1/s1. The Morgan fingerprint density at radius 3 is 3.23 bits per heavy atom. The highest BCUT2D eigenvalue weighted by molar-refractivity contribution is 7.17. The van der Waals surface area contributed by atoms with Crippen molar-refractivity contribution in [1.29, 1.82) is 0 Å². The molecular weight excluding hydrogens is 306 g/mol. The van der Waals surface area contributed by atoms with Crippen LogP contribution in [0.5, 0.6) is 0 Å². The zero-order chi connectivity index (χ0) is 15.7. The van der Waals surface area contributed by atoms with Crippen LogP contribution in [-0.2, 0) is 4.74 Å². The van der Waals surface area contributed by atoms with Crippen molar-refractivity contribution in [3.8, 4) is 0 Å². The Labute approximate surface area is 131 Å². The molecule has 1 saturated heterocycles. The summed E-state index contributed by atoms with van der Waals surface area (Å²) in [6, 6.07) is -0.511. The van der Waals surface area contributed by atoms with Crippen LogP contribution in [0.4, 0.5) is 4.79 Å². The van der Waals surface area contributed by atoms with E-state index in [1.807, 2.05) is 4.40 Å². The molecule has 0 radical (unpaired) electrons. The quantitative estimate of drug-likeness (QED) is 0.825. The fourth-order valence-corrected chi connectivity index (χ4v) is 3.65. The van der Waals surface area contributed by atoms with E-state index in [0.29, 0.717) is 6.42 Å². The van der Waals surface area contributed by atoms with Crippen LogP contribution < -0.4 is 0 Å². The Kier molecular flexibility index (Phi) is 4.14. The number of ether oxygens (including phenoxy) is 1. The molecule has 2 N–H and O–H groups in total. The number of nitrogens with zero attached hydrogens (tertiary/aromatic N) is 3. The smallest absolute Gasteiger partial charge is 0.410 e. The van der Waals surface area contributed by atoms with Crippen molar-refractivity contribution in [3.05, 3.63) is 36.3 Å². The number of carbonyl (C=O) groups is 1. The number of thiazole rings is 1. The van der Waals surface area contributed by atoms with Crippen LogP contribution in [0.15, 0.2) is 31.4 Å². The fourth-order valence-electron chi connectivity index (χ4n) is 2.64. The number of rotatable bonds is 4. The first-order chi connectivity index (χ1) is 10.6. The molecule has 1 unspecified atom stereocenters. The van der Waals surface area contributed by atoms with E-state index in [1.54, 1.807) is 18.7 Å². The summed E-state index contributed by atoms with van der Waals surface area (Å²) in [6.45, 7) is 3.75. The molecule has 0 bridgehead atoms. The molecule has 1 aliphatic rings. The highest BCUT2D eigenvalue weighted by Gasteiger charge is 2.40. The number of aliphatic hydroxyl groups is 2. The topological polar surface area (TPSA) is 87.3 Å². The summed E-state index contributed by atoms with van der Waals surface area (Å²) < 4.78 is 6.83. The number of aliphatic hydroxyl groups excluding tert-OH is 2. The molecule has 1 aliphatic heterocycles. The van der Waals surface area contributed by atoms with Crippen molar-refractivity contribution in [2.45, 2.75) is 24.7 Å². The normalized spacial score (nSPS) is 22.9. The summed E-state index contributed by atoms with van der Waals surface area (Å²) in [6.07, 6.45) is 4.85. The van der Waals surface area contributed by atoms with E-state index in [9.17, 15) is 15.0 Å². The van der Waals surface area contributed by atoms with Crippen LogP contribution in [-0.4, -0.2) is 55.9 Å². The molecule has 2 aromatic rings. The molecule has 7 nitrogen and oxygen atoms in total. The van der Waals surface area contributed by atoms with E-state index >= 15 is 0 Å². The van der Waals surface area contributed by atoms with Gasteiger partial charge in [0, 0.05) is 6.20 Å². The van der Waals surface area contributed by atoms with Crippen LogP contribution in [0.1, 0.15) is 17.4 Å². The minimum absolute atomic E-state index is 0.100. The largest absolute Gasteiger partial charge is 0.445 e. The number of hydrogen-bond donors (Lipinski definition) is 2. The molecule has 22 heavy (non-hydrogen) atoms. The second-order valence-corrected chi connectivity index (χ2v) is 6.29. The van der Waals surface area contributed by atoms with Crippen LogP contribution in [0.3, 0.4) is 0 Å². The highest BCUT2D eigenvalue weighted by Crippen LogP contribution is 2.33. The molecule has 2 aromatic heterocycles. The first-order valence-electron chi connectivity index (χ1n) is 6.92. The Balaban J connectivity index is 1.79. The molecule has 0 spiro atoms. The van der Waals surface area contributed by atoms with Gasteiger partial charge in [-0.15, -0.1) is 11.3 Å². The average Bonchev–Trinajstić information content (AvgIpc) is 3.17. The van der Waals surface area contributed by atoms with E-state index in [1.165, 1.54) is 22.3 Å². The number of amides is 1. The van der Waals surface area contributed by atoms with Crippen molar-refractivity contribution in [3.63, 3.8) is 0 Å². The molecular formula is C14H17N3O4S. The SMILES string of the molecule is C=CCOC(=O)N1C[C@H](O)C[C@H]1C(O)c1cn2cncc2s1. The Morgan fingerprint density at radius 2 is 2.50 bits per heavy atom. The fraction of sp³-hybridized carbons (Fsp3) is 0.429. The summed E-state index contributed by atoms with van der Waals surface area (Å²) in [5, 5.41) is 20.4. The lowest BCUT2D eigenvalue weighted by Crippen LogP contribution is -2.39. The average molecular weight is 323 g/mol. The number of aromatic nitrogens is 2. The molecule has 3 atom stereocenters. The summed E-state index contributed by atoms with van der Waals surface area (Å²) in [5.74, 6) is 0. The van der Waals surface area contributed by atoms with Gasteiger partial charge < -0.3 is 14.9 Å². The third-order valence-electron chi connectivity index (χ3n) is 3.66. The monoisotopic (exact) mass is 323 g/mol. The minimum Gasteiger partial charge on any atom is -0.445 e. The van der Waals surface area contributed by atoms with Gasteiger partial charge in [-0.1, -0.05) is 12.7 Å². The first-order valence-corrected chi connectivity index (χ1v) is 7.73. The van der Waals surface area contributed by atoms with E-state index in [4.69, 9.17) is 4.74 Å². The molecule has 1 amide bonds. The van der Waals surface area contributed by atoms with Gasteiger partial charge in [0.05, 0.1) is 36.1 Å². The molecule has 8 heteroatoms. The molecule has 0 saturated carbocycles. The third kappa shape index (κ3) is 2.72. The van der Waals surface area contributed by atoms with Crippen LogP contribution in [0.25, 0.3) is 4.83 Å². The van der Waals surface area contributed by atoms with Gasteiger partial charge in [-0.05, 0) is 6.42 Å².